The summed E-state index contributed by atoms with van der Waals surface area (Å²) in [6, 6.07) is 23.5. The molecular formula is C28H30ClN3O2. The number of amides is 1. The van der Waals surface area contributed by atoms with Crippen LogP contribution in [-0.4, -0.2) is 28.6 Å². The van der Waals surface area contributed by atoms with Gasteiger partial charge in [0, 0.05) is 19.5 Å². The molecule has 1 heterocycles. The van der Waals surface area contributed by atoms with E-state index in [1.54, 1.807) is 12.1 Å². The van der Waals surface area contributed by atoms with Crippen LogP contribution in [0.25, 0.3) is 11.0 Å². The average molecular weight is 476 g/mol. The molecule has 4 rings (SSSR count). The lowest BCUT2D eigenvalue weighted by Crippen LogP contribution is -2.25. The molecule has 0 aliphatic rings. The van der Waals surface area contributed by atoms with Gasteiger partial charge in [0.25, 0.3) is 5.91 Å². The molecule has 0 aliphatic heterocycles. The number of nitrogens with zero attached hydrogens (tertiary/aromatic N) is 2. The number of unbranched alkanes of at least 4 members (excludes halogenated alkanes) is 1. The number of rotatable bonds is 11. The highest BCUT2D eigenvalue weighted by Gasteiger charge is 2.12. The van der Waals surface area contributed by atoms with E-state index in [0.717, 1.165) is 54.8 Å². The minimum Gasteiger partial charge on any atom is -0.494 e. The maximum Gasteiger partial charge on any atom is 0.252 e. The summed E-state index contributed by atoms with van der Waals surface area (Å²) in [5.74, 6) is 1.83. The minimum atomic E-state index is -0.146. The molecule has 6 heteroatoms. The van der Waals surface area contributed by atoms with Crippen LogP contribution in [0.15, 0.2) is 72.8 Å². The fourth-order valence-corrected chi connectivity index (χ4v) is 4.24. The molecule has 5 nitrogen and oxygen atoms in total. The smallest absolute Gasteiger partial charge is 0.252 e. The van der Waals surface area contributed by atoms with Crippen LogP contribution in [0.3, 0.4) is 0 Å². The zero-order valence-electron chi connectivity index (χ0n) is 19.5. The zero-order chi connectivity index (χ0) is 23.8. The Kier molecular flexibility index (Phi) is 8.21. The topological polar surface area (TPSA) is 56.1 Å². The van der Waals surface area contributed by atoms with Gasteiger partial charge in [0.2, 0.25) is 0 Å². The van der Waals surface area contributed by atoms with Gasteiger partial charge < -0.3 is 14.6 Å². The lowest BCUT2D eigenvalue weighted by molar-refractivity contribution is 0.0953. The third kappa shape index (κ3) is 6.17. The number of halogens is 1. The molecule has 3 aromatic carbocycles. The summed E-state index contributed by atoms with van der Waals surface area (Å²) in [6.45, 7) is 4.22. The van der Waals surface area contributed by atoms with Crippen LogP contribution in [0.2, 0.25) is 5.02 Å². The number of fused-ring (bicyclic) bond motifs is 1. The predicted molar refractivity (Wildman–Crippen MR) is 138 cm³/mol. The van der Waals surface area contributed by atoms with E-state index in [-0.39, 0.29) is 5.91 Å². The molecule has 0 fully saturated rings. The number of carbonyl (C=O) groups excluding carboxylic acids is 1. The number of hydrogen-bond acceptors (Lipinski definition) is 3. The molecule has 0 spiro atoms. The van der Waals surface area contributed by atoms with Crippen molar-refractivity contribution in [2.24, 2.45) is 0 Å². The van der Waals surface area contributed by atoms with Crippen molar-refractivity contribution in [3.8, 4) is 5.75 Å². The summed E-state index contributed by atoms with van der Waals surface area (Å²) >= 11 is 6.12. The van der Waals surface area contributed by atoms with Crippen molar-refractivity contribution in [1.82, 2.24) is 14.9 Å². The van der Waals surface area contributed by atoms with Crippen LogP contribution >= 0.6 is 11.6 Å². The SMILES string of the molecule is Cc1cccc(OCCCCn2c(CCCNC(=O)c3ccccc3Cl)nc3ccccc32)c1. The van der Waals surface area contributed by atoms with E-state index in [4.69, 9.17) is 21.3 Å². The molecular weight excluding hydrogens is 446 g/mol. The van der Waals surface area contributed by atoms with Crippen LogP contribution in [0.1, 0.15) is 41.0 Å². The second-order valence-electron chi connectivity index (χ2n) is 8.38. The minimum absolute atomic E-state index is 0.146. The van der Waals surface area contributed by atoms with Crippen molar-refractivity contribution < 1.29 is 9.53 Å². The average Bonchev–Trinajstić information content (AvgIpc) is 3.19. The third-order valence-electron chi connectivity index (χ3n) is 5.75. The van der Waals surface area contributed by atoms with E-state index in [1.165, 1.54) is 5.56 Å². The van der Waals surface area contributed by atoms with E-state index in [0.29, 0.717) is 23.7 Å². The summed E-state index contributed by atoms with van der Waals surface area (Å²) in [6.07, 6.45) is 3.56. The standard InChI is InChI=1S/C28H30ClN3O2/c1-21-10-8-11-22(20-21)34-19-7-6-18-32-26-15-5-4-14-25(26)31-27(32)16-9-17-30-28(33)23-12-2-3-13-24(23)29/h2-5,8,10-15,20H,6-7,9,16-19H2,1H3,(H,30,33). The molecule has 34 heavy (non-hydrogen) atoms. The van der Waals surface area contributed by atoms with Crippen molar-refractivity contribution >= 4 is 28.5 Å². The van der Waals surface area contributed by atoms with Crippen LogP contribution in [0, 0.1) is 6.92 Å². The Bertz CT molecular complexity index is 1250. The van der Waals surface area contributed by atoms with Gasteiger partial charge in [0.15, 0.2) is 0 Å². The number of para-hydroxylation sites is 2. The fourth-order valence-electron chi connectivity index (χ4n) is 4.02. The Hall–Kier alpha value is -3.31. The summed E-state index contributed by atoms with van der Waals surface area (Å²) < 4.78 is 8.20. The first-order chi connectivity index (χ1) is 16.6. The molecule has 4 aromatic rings. The maximum absolute atomic E-state index is 12.4. The number of carbonyl (C=O) groups is 1. The van der Waals surface area contributed by atoms with E-state index < -0.39 is 0 Å². The normalized spacial score (nSPS) is 11.0. The molecule has 0 atom stereocenters. The predicted octanol–water partition coefficient (Wildman–Crippen LogP) is 6.22. The van der Waals surface area contributed by atoms with E-state index in [2.05, 4.69) is 47.1 Å². The zero-order valence-corrected chi connectivity index (χ0v) is 20.2. The van der Waals surface area contributed by atoms with E-state index >= 15 is 0 Å². The molecule has 0 radical (unpaired) electrons. The van der Waals surface area contributed by atoms with Crippen molar-refractivity contribution in [3.63, 3.8) is 0 Å². The molecule has 0 saturated heterocycles. The Morgan fingerprint density at radius 3 is 2.68 bits per heavy atom. The molecule has 1 N–H and O–H groups in total. The van der Waals surface area contributed by atoms with Gasteiger partial charge in [-0.1, -0.05) is 48.0 Å². The second kappa shape index (κ2) is 11.7. The van der Waals surface area contributed by atoms with Crippen LogP contribution in [0.5, 0.6) is 5.75 Å². The monoisotopic (exact) mass is 475 g/mol. The summed E-state index contributed by atoms with van der Waals surface area (Å²) in [7, 11) is 0. The number of imidazole rings is 1. The Balaban J connectivity index is 1.30. The third-order valence-corrected chi connectivity index (χ3v) is 6.08. The highest BCUT2D eigenvalue weighted by atomic mass is 35.5. The molecule has 0 bridgehead atoms. The van der Waals surface area contributed by atoms with Crippen molar-refractivity contribution in [2.45, 2.75) is 39.2 Å². The molecule has 1 aromatic heterocycles. The summed E-state index contributed by atoms with van der Waals surface area (Å²) in [5.41, 5.74) is 3.87. The van der Waals surface area contributed by atoms with Crippen molar-refractivity contribution in [2.75, 3.05) is 13.2 Å². The number of benzene rings is 3. The van der Waals surface area contributed by atoms with Gasteiger partial charge in [-0.05, 0) is 68.1 Å². The van der Waals surface area contributed by atoms with Gasteiger partial charge in [0.05, 0.1) is 28.2 Å². The summed E-state index contributed by atoms with van der Waals surface area (Å²) in [5, 5.41) is 3.43. The first kappa shape index (κ1) is 23.8. The van der Waals surface area contributed by atoms with E-state index in [9.17, 15) is 4.79 Å². The van der Waals surface area contributed by atoms with Crippen LogP contribution < -0.4 is 10.1 Å². The highest BCUT2D eigenvalue weighted by molar-refractivity contribution is 6.33. The van der Waals surface area contributed by atoms with Crippen molar-refractivity contribution in [3.05, 3.63) is 94.8 Å². The first-order valence-corrected chi connectivity index (χ1v) is 12.2. The number of hydrogen-bond donors (Lipinski definition) is 1. The molecule has 0 aliphatic carbocycles. The summed E-state index contributed by atoms with van der Waals surface area (Å²) in [4.78, 5) is 17.2. The number of aryl methyl sites for hydroxylation is 3. The fraction of sp³-hybridized carbons (Fsp3) is 0.286. The Morgan fingerprint density at radius 2 is 1.82 bits per heavy atom. The Labute approximate surface area is 205 Å². The molecule has 176 valence electrons. The number of ether oxygens (including phenoxy) is 1. The first-order valence-electron chi connectivity index (χ1n) is 11.8. The van der Waals surface area contributed by atoms with Gasteiger partial charge in [0.1, 0.15) is 11.6 Å². The quantitative estimate of drug-likeness (QED) is 0.262. The van der Waals surface area contributed by atoms with Gasteiger partial charge >= 0.3 is 0 Å². The van der Waals surface area contributed by atoms with Gasteiger partial charge in [-0.15, -0.1) is 0 Å². The van der Waals surface area contributed by atoms with Crippen molar-refractivity contribution in [1.29, 1.82) is 0 Å². The second-order valence-corrected chi connectivity index (χ2v) is 8.79. The number of aromatic nitrogens is 2. The molecule has 1 amide bonds. The van der Waals surface area contributed by atoms with Gasteiger partial charge in [-0.2, -0.15) is 0 Å². The van der Waals surface area contributed by atoms with Crippen LogP contribution in [0.4, 0.5) is 0 Å². The molecule has 0 unspecified atom stereocenters. The lowest BCUT2D eigenvalue weighted by Gasteiger charge is -2.11. The van der Waals surface area contributed by atoms with Gasteiger partial charge in [-0.25, -0.2) is 4.98 Å². The lowest BCUT2D eigenvalue weighted by atomic mass is 10.2. The van der Waals surface area contributed by atoms with E-state index in [1.807, 2.05) is 30.3 Å². The van der Waals surface area contributed by atoms with Crippen LogP contribution in [-0.2, 0) is 13.0 Å². The molecule has 0 saturated carbocycles. The maximum atomic E-state index is 12.4. The highest BCUT2D eigenvalue weighted by Crippen LogP contribution is 2.19. The Morgan fingerprint density at radius 1 is 1.00 bits per heavy atom. The number of nitrogens with one attached hydrogen (secondary N) is 1. The van der Waals surface area contributed by atoms with Gasteiger partial charge in [-0.3, -0.25) is 4.79 Å². The largest absolute Gasteiger partial charge is 0.494 e.